The van der Waals surface area contributed by atoms with Gasteiger partial charge in [-0.3, -0.25) is 4.79 Å². The molecule has 3 fully saturated rings. The summed E-state index contributed by atoms with van der Waals surface area (Å²) >= 11 is 0. The van der Waals surface area contributed by atoms with Crippen molar-refractivity contribution < 1.29 is 9.53 Å². The summed E-state index contributed by atoms with van der Waals surface area (Å²) in [6.45, 7) is 6.69. The molecule has 0 radical (unpaired) electrons. The second kappa shape index (κ2) is 7.94. The van der Waals surface area contributed by atoms with Crippen LogP contribution in [0.2, 0.25) is 0 Å². The van der Waals surface area contributed by atoms with Crippen LogP contribution in [-0.4, -0.2) is 12.1 Å². The summed E-state index contributed by atoms with van der Waals surface area (Å²) in [6.07, 6.45) is 17.4. The van der Waals surface area contributed by atoms with Gasteiger partial charge in [0.1, 0.15) is 6.10 Å². The van der Waals surface area contributed by atoms with Gasteiger partial charge in [-0.05, 0) is 97.0 Å². The lowest BCUT2D eigenvalue weighted by molar-refractivity contribution is -0.158. The molecule has 2 nitrogen and oxygen atoms in total. The van der Waals surface area contributed by atoms with Gasteiger partial charge in [0.25, 0.3) is 0 Å². The van der Waals surface area contributed by atoms with Gasteiger partial charge >= 0.3 is 5.97 Å². The number of fused-ring (bicyclic) bond motifs is 5. The number of ether oxygens (including phenoxy) is 1. The van der Waals surface area contributed by atoms with E-state index >= 15 is 0 Å². The fourth-order valence-corrected chi connectivity index (χ4v) is 8.17. The standard InChI is InChI=1S/C29H38O2/c1-20(30)31-24-15-17-29(3)23(19-24)11-13-25-26-14-12-22(28(26,2)18-16-27(25)29)10-9-21-7-5-4-6-8-21/h4-10,12,23-27H,11,13-19H2,1-3H3/b10-9-/t23-,24+,25+,26-,27+,28+,29+/m1/s1. The molecule has 0 spiro atoms. The molecule has 31 heavy (non-hydrogen) atoms. The number of esters is 1. The second-order valence-electron chi connectivity index (χ2n) is 11.3. The van der Waals surface area contributed by atoms with E-state index in [0.717, 1.165) is 36.5 Å². The minimum atomic E-state index is -0.108. The predicted molar refractivity (Wildman–Crippen MR) is 126 cm³/mol. The molecule has 5 rings (SSSR count). The van der Waals surface area contributed by atoms with Crippen LogP contribution in [0.4, 0.5) is 0 Å². The maximum Gasteiger partial charge on any atom is 0.302 e. The van der Waals surface area contributed by atoms with Crippen molar-refractivity contribution >= 4 is 12.0 Å². The zero-order valence-electron chi connectivity index (χ0n) is 19.5. The van der Waals surface area contributed by atoms with Gasteiger partial charge in [0.15, 0.2) is 0 Å². The first kappa shape index (κ1) is 21.0. The lowest BCUT2D eigenvalue weighted by atomic mass is 9.44. The zero-order valence-corrected chi connectivity index (χ0v) is 19.5. The molecule has 0 unspecified atom stereocenters. The van der Waals surface area contributed by atoms with Crippen LogP contribution in [0.3, 0.4) is 0 Å². The van der Waals surface area contributed by atoms with Crippen LogP contribution in [0.25, 0.3) is 6.08 Å². The van der Waals surface area contributed by atoms with Crippen molar-refractivity contribution in [3.63, 3.8) is 0 Å². The Labute approximate surface area is 188 Å². The van der Waals surface area contributed by atoms with Gasteiger partial charge in [0.2, 0.25) is 0 Å². The fourth-order valence-electron chi connectivity index (χ4n) is 8.17. The SMILES string of the molecule is CC(=O)O[C@H]1CC[C@@]2(C)[C@H](CC[C@H]3[C@H]4CC=C(/C=C\c5ccccc5)[C@]4(C)CC[C@@H]32)C1. The Morgan fingerprint density at radius 2 is 1.81 bits per heavy atom. The van der Waals surface area contributed by atoms with E-state index in [0.29, 0.717) is 10.8 Å². The first-order valence-electron chi connectivity index (χ1n) is 12.5. The molecule has 7 atom stereocenters. The molecule has 1 aromatic carbocycles. The average molecular weight is 419 g/mol. The van der Waals surface area contributed by atoms with Crippen molar-refractivity contribution in [1.82, 2.24) is 0 Å². The van der Waals surface area contributed by atoms with Gasteiger partial charge in [-0.1, -0.05) is 62.4 Å². The number of rotatable bonds is 3. The van der Waals surface area contributed by atoms with Crippen molar-refractivity contribution in [2.75, 3.05) is 0 Å². The van der Waals surface area contributed by atoms with Crippen molar-refractivity contribution in [2.45, 2.75) is 78.2 Å². The highest BCUT2D eigenvalue weighted by Gasteiger charge is 2.58. The first-order valence-corrected chi connectivity index (χ1v) is 12.5. The van der Waals surface area contributed by atoms with Crippen LogP contribution < -0.4 is 0 Å². The lowest BCUT2D eigenvalue weighted by Crippen LogP contribution is -2.53. The van der Waals surface area contributed by atoms with E-state index in [1.54, 1.807) is 12.5 Å². The summed E-state index contributed by atoms with van der Waals surface area (Å²) in [5.74, 6) is 3.11. The Morgan fingerprint density at radius 3 is 2.58 bits per heavy atom. The second-order valence-corrected chi connectivity index (χ2v) is 11.3. The molecule has 0 aliphatic heterocycles. The Kier molecular flexibility index (Phi) is 5.39. The lowest BCUT2D eigenvalue weighted by Gasteiger charge is -2.60. The van der Waals surface area contributed by atoms with E-state index in [9.17, 15) is 4.79 Å². The third-order valence-electron chi connectivity index (χ3n) is 9.85. The summed E-state index contributed by atoms with van der Waals surface area (Å²) in [6, 6.07) is 10.7. The van der Waals surface area contributed by atoms with E-state index in [4.69, 9.17) is 4.74 Å². The van der Waals surface area contributed by atoms with E-state index in [1.165, 1.54) is 44.1 Å². The molecule has 0 amide bonds. The maximum absolute atomic E-state index is 11.5. The molecule has 0 saturated heterocycles. The maximum atomic E-state index is 11.5. The van der Waals surface area contributed by atoms with Gasteiger partial charge in [0, 0.05) is 6.92 Å². The molecule has 4 aliphatic rings. The number of carbonyl (C=O) groups excluding carboxylic acids is 1. The largest absolute Gasteiger partial charge is 0.463 e. The normalized spacial score (nSPS) is 41.8. The molecule has 0 aromatic heterocycles. The molecule has 0 bridgehead atoms. The molecule has 1 aromatic rings. The highest BCUT2D eigenvalue weighted by atomic mass is 16.5. The topological polar surface area (TPSA) is 26.3 Å². The van der Waals surface area contributed by atoms with Gasteiger partial charge in [-0.15, -0.1) is 0 Å². The monoisotopic (exact) mass is 418 g/mol. The Balaban J connectivity index is 1.32. The molecule has 2 heteroatoms. The smallest absolute Gasteiger partial charge is 0.302 e. The summed E-state index contributed by atoms with van der Waals surface area (Å²) in [7, 11) is 0. The first-order chi connectivity index (χ1) is 14.9. The third kappa shape index (κ3) is 3.60. The van der Waals surface area contributed by atoms with E-state index in [2.05, 4.69) is 62.4 Å². The summed E-state index contributed by atoms with van der Waals surface area (Å²) in [5.41, 5.74) is 3.64. The van der Waals surface area contributed by atoms with Crippen LogP contribution in [0, 0.1) is 34.5 Å². The quantitative estimate of drug-likeness (QED) is 0.485. The van der Waals surface area contributed by atoms with Gasteiger partial charge < -0.3 is 4.74 Å². The van der Waals surface area contributed by atoms with Crippen LogP contribution >= 0.6 is 0 Å². The zero-order chi connectivity index (χ0) is 21.6. The molecule has 0 N–H and O–H groups in total. The molecule has 4 aliphatic carbocycles. The summed E-state index contributed by atoms with van der Waals surface area (Å²) in [4.78, 5) is 11.5. The molecular formula is C29H38O2. The molecule has 3 saturated carbocycles. The highest BCUT2D eigenvalue weighted by Crippen LogP contribution is 2.66. The van der Waals surface area contributed by atoms with E-state index in [1.807, 2.05) is 0 Å². The minimum absolute atomic E-state index is 0.108. The van der Waals surface area contributed by atoms with Crippen molar-refractivity contribution in [3.05, 3.63) is 53.6 Å². The number of hydrogen-bond acceptors (Lipinski definition) is 2. The number of carbonyl (C=O) groups is 1. The Hall–Kier alpha value is -1.83. The number of allylic oxidation sites excluding steroid dienone is 3. The van der Waals surface area contributed by atoms with Crippen LogP contribution in [-0.2, 0) is 9.53 Å². The van der Waals surface area contributed by atoms with Crippen LogP contribution in [0.5, 0.6) is 0 Å². The molecule has 166 valence electrons. The Bertz CT molecular complexity index is 883. The van der Waals surface area contributed by atoms with Gasteiger partial charge in [-0.2, -0.15) is 0 Å². The van der Waals surface area contributed by atoms with Crippen LogP contribution in [0.15, 0.2) is 48.1 Å². The van der Waals surface area contributed by atoms with Gasteiger partial charge in [-0.25, -0.2) is 0 Å². The minimum Gasteiger partial charge on any atom is -0.463 e. The highest BCUT2D eigenvalue weighted by molar-refractivity contribution is 5.66. The number of benzene rings is 1. The summed E-state index contributed by atoms with van der Waals surface area (Å²) < 4.78 is 5.63. The Morgan fingerprint density at radius 1 is 1.00 bits per heavy atom. The fraction of sp³-hybridized carbons (Fsp3) is 0.621. The predicted octanol–water partition coefficient (Wildman–Crippen LogP) is 7.21. The van der Waals surface area contributed by atoms with Gasteiger partial charge in [0.05, 0.1) is 0 Å². The molecular weight excluding hydrogens is 380 g/mol. The van der Waals surface area contributed by atoms with Crippen molar-refractivity contribution in [3.8, 4) is 0 Å². The molecule has 0 heterocycles. The van der Waals surface area contributed by atoms with Crippen LogP contribution in [0.1, 0.15) is 77.7 Å². The van der Waals surface area contributed by atoms with Crippen molar-refractivity contribution in [1.29, 1.82) is 0 Å². The average Bonchev–Trinajstić information content (AvgIpc) is 3.09. The number of hydrogen-bond donors (Lipinski definition) is 0. The van der Waals surface area contributed by atoms with Crippen molar-refractivity contribution in [2.24, 2.45) is 34.5 Å². The van der Waals surface area contributed by atoms with E-state index < -0.39 is 0 Å². The van der Waals surface area contributed by atoms with E-state index in [-0.39, 0.29) is 12.1 Å². The third-order valence-corrected chi connectivity index (χ3v) is 9.85. The summed E-state index contributed by atoms with van der Waals surface area (Å²) in [5, 5.41) is 0.